The molecule has 0 aromatic heterocycles. The first-order valence-electron chi connectivity index (χ1n) is 8.51. The topological polar surface area (TPSA) is 78.8 Å². The summed E-state index contributed by atoms with van der Waals surface area (Å²) in [6.07, 6.45) is 5.54. The van der Waals surface area contributed by atoms with Gasteiger partial charge < -0.3 is 0 Å². The summed E-state index contributed by atoms with van der Waals surface area (Å²) in [5.74, 6) is -1.11. The Kier molecular flexibility index (Phi) is 4.35. The van der Waals surface area contributed by atoms with Gasteiger partial charge in [-0.1, -0.05) is 18.6 Å². The standard InChI is InChI=1S/C18H18IN3O3/c19-13-3-1-2-4-14(13)20-9-12-16(23)21-18(25)22(17(12)24)15-8-10-5-6-11(15)7-10/h1-4,9-12,15H,5-8H2,(H,21,23,25)/t10-,11-,12+,15-/m0/s1. The molecule has 7 heteroatoms. The second-order valence-electron chi connectivity index (χ2n) is 6.95. The third kappa shape index (κ3) is 2.98. The van der Waals surface area contributed by atoms with Gasteiger partial charge in [-0.15, -0.1) is 0 Å². The molecule has 4 atom stereocenters. The molecule has 4 rings (SSSR count). The molecule has 0 radical (unpaired) electrons. The largest absolute Gasteiger partial charge is 0.331 e. The Bertz CT molecular complexity index is 779. The van der Waals surface area contributed by atoms with Crippen molar-refractivity contribution in [1.82, 2.24) is 10.2 Å². The summed E-state index contributed by atoms with van der Waals surface area (Å²) in [4.78, 5) is 42.9. The van der Waals surface area contributed by atoms with Gasteiger partial charge in [0, 0.05) is 15.8 Å². The zero-order chi connectivity index (χ0) is 17.6. The van der Waals surface area contributed by atoms with E-state index in [9.17, 15) is 14.4 Å². The van der Waals surface area contributed by atoms with E-state index in [1.807, 2.05) is 24.3 Å². The lowest BCUT2D eigenvalue weighted by Crippen LogP contribution is -2.62. The predicted octanol–water partition coefficient (Wildman–Crippen LogP) is 2.88. The Labute approximate surface area is 159 Å². The lowest BCUT2D eigenvalue weighted by Gasteiger charge is -2.36. The molecule has 2 saturated carbocycles. The molecule has 0 unspecified atom stereocenters. The number of rotatable bonds is 3. The van der Waals surface area contributed by atoms with Gasteiger partial charge in [0.15, 0.2) is 5.92 Å². The van der Waals surface area contributed by atoms with Crippen molar-refractivity contribution in [1.29, 1.82) is 0 Å². The summed E-state index contributed by atoms with van der Waals surface area (Å²) in [5, 5.41) is 2.33. The highest BCUT2D eigenvalue weighted by Gasteiger charge is 2.50. The van der Waals surface area contributed by atoms with Crippen LogP contribution in [0.3, 0.4) is 0 Å². The van der Waals surface area contributed by atoms with Gasteiger partial charge in [-0.05, 0) is 65.8 Å². The van der Waals surface area contributed by atoms with Crippen LogP contribution in [-0.4, -0.2) is 35.0 Å². The van der Waals surface area contributed by atoms with Crippen LogP contribution in [0.1, 0.15) is 25.7 Å². The number of nitrogens with zero attached hydrogens (tertiary/aromatic N) is 2. The van der Waals surface area contributed by atoms with Crippen LogP contribution < -0.4 is 5.32 Å². The van der Waals surface area contributed by atoms with Crippen LogP contribution in [0.2, 0.25) is 0 Å². The molecule has 0 spiro atoms. The van der Waals surface area contributed by atoms with Gasteiger partial charge in [-0.25, -0.2) is 4.79 Å². The van der Waals surface area contributed by atoms with Gasteiger partial charge in [-0.2, -0.15) is 0 Å². The van der Waals surface area contributed by atoms with Crippen LogP contribution in [0.15, 0.2) is 29.3 Å². The number of benzene rings is 1. The van der Waals surface area contributed by atoms with E-state index in [4.69, 9.17) is 0 Å². The molecule has 1 aliphatic heterocycles. The van der Waals surface area contributed by atoms with Crippen LogP contribution in [0.25, 0.3) is 0 Å². The lowest BCUT2D eigenvalue weighted by atomic mass is 9.92. The molecular weight excluding hydrogens is 433 g/mol. The zero-order valence-electron chi connectivity index (χ0n) is 13.5. The van der Waals surface area contributed by atoms with Crippen LogP contribution in [0.5, 0.6) is 0 Å². The summed E-state index contributed by atoms with van der Waals surface area (Å²) >= 11 is 2.15. The highest BCUT2D eigenvalue weighted by Crippen LogP contribution is 2.47. The molecule has 4 amide bonds. The summed E-state index contributed by atoms with van der Waals surface area (Å²) in [7, 11) is 0. The molecule has 2 aliphatic carbocycles. The number of hydrogen-bond donors (Lipinski definition) is 1. The summed E-state index contributed by atoms with van der Waals surface area (Å²) in [6.45, 7) is 0. The molecule has 1 saturated heterocycles. The summed E-state index contributed by atoms with van der Waals surface area (Å²) in [5.41, 5.74) is 0.701. The number of fused-ring (bicyclic) bond motifs is 2. The molecule has 3 aliphatic rings. The molecule has 1 heterocycles. The Hall–Kier alpha value is -1.77. The van der Waals surface area contributed by atoms with E-state index < -0.39 is 23.8 Å². The van der Waals surface area contributed by atoms with Crippen molar-refractivity contribution in [3.63, 3.8) is 0 Å². The van der Waals surface area contributed by atoms with Crippen LogP contribution in [0.4, 0.5) is 10.5 Å². The van der Waals surface area contributed by atoms with E-state index in [0.717, 1.165) is 22.8 Å². The normalized spacial score (nSPS) is 31.9. The molecule has 6 nitrogen and oxygen atoms in total. The van der Waals surface area contributed by atoms with Crippen molar-refractivity contribution in [3.8, 4) is 0 Å². The molecule has 1 aromatic rings. The minimum atomic E-state index is -1.05. The van der Waals surface area contributed by atoms with Crippen molar-refractivity contribution < 1.29 is 14.4 Å². The second-order valence-corrected chi connectivity index (χ2v) is 8.11. The highest BCUT2D eigenvalue weighted by molar-refractivity contribution is 14.1. The van der Waals surface area contributed by atoms with Crippen LogP contribution in [0, 0.1) is 21.3 Å². The van der Waals surface area contributed by atoms with E-state index in [1.54, 1.807) is 0 Å². The van der Waals surface area contributed by atoms with Gasteiger partial charge in [0.25, 0.3) is 0 Å². The molecular formula is C18H18IN3O3. The maximum absolute atomic E-state index is 12.9. The van der Waals surface area contributed by atoms with Crippen molar-refractivity contribution in [2.75, 3.05) is 0 Å². The van der Waals surface area contributed by atoms with Crippen LogP contribution in [-0.2, 0) is 9.59 Å². The fourth-order valence-corrected chi connectivity index (χ4v) is 4.82. The number of nitrogens with one attached hydrogen (secondary N) is 1. The number of carbonyl (C=O) groups excluding carboxylic acids is 3. The number of urea groups is 1. The Morgan fingerprint density at radius 2 is 1.96 bits per heavy atom. The third-order valence-electron chi connectivity index (χ3n) is 5.48. The van der Waals surface area contributed by atoms with Gasteiger partial charge in [-0.3, -0.25) is 24.8 Å². The Morgan fingerprint density at radius 3 is 2.64 bits per heavy atom. The van der Waals surface area contributed by atoms with Gasteiger partial charge >= 0.3 is 6.03 Å². The SMILES string of the molecule is O=C1NC(=O)N([C@H]2C[C@H]3CC[C@H]2C3)C(=O)[C@@H]1C=Nc1ccccc1I. The van der Waals surface area contributed by atoms with E-state index in [-0.39, 0.29) is 6.04 Å². The number of amides is 4. The van der Waals surface area contributed by atoms with Gasteiger partial charge in [0.1, 0.15) is 0 Å². The van der Waals surface area contributed by atoms with Crippen molar-refractivity contribution in [2.45, 2.75) is 31.7 Å². The fourth-order valence-electron chi connectivity index (χ4n) is 4.29. The number of imide groups is 2. The first kappa shape index (κ1) is 16.7. The van der Waals surface area contributed by atoms with Crippen molar-refractivity contribution in [2.24, 2.45) is 22.7 Å². The fraction of sp³-hybridized carbons (Fsp3) is 0.444. The quantitative estimate of drug-likeness (QED) is 0.436. The minimum absolute atomic E-state index is 0.0767. The van der Waals surface area contributed by atoms with E-state index in [0.29, 0.717) is 17.5 Å². The summed E-state index contributed by atoms with van der Waals surface area (Å²) in [6, 6.07) is 6.82. The molecule has 2 bridgehead atoms. The van der Waals surface area contributed by atoms with Crippen molar-refractivity contribution >= 4 is 52.3 Å². The van der Waals surface area contributed by atoms with Gasteiger partial charge in [0.05, 0.1) is 5.69 Å². The predicted molar refractivity (Wildman–Crippen MR) is 100 cm³/mol. The van der Waals surface area contributed by atoms with E-state index in [1.165, 1.54) is 17.5 Å². The van der Waals surface area contributed by atoms with E-state index in [2.05, 4.69) is 32.9 Å². The lowest BCUT2D eigenvalue weighted by molar-refractivity contribution is -0.141. The average Bonchev–Trinajstić information content (AvgIpc) is 3.19. The molecule has 3 fully saturated rings. The minimum Gasteiger partial charge on any atom is -0.277 e. The Morgan fingerprint density at radius 1 is 1.16 bits per heavy atom. The monoisotopic (exact) mass is 451 g/mol. The zero-order valence-corrected chi connectivity index (χ0v) is 15.7. The molecule has 25 heavy (non-hydrogen) atoms. The first-order valence-corrected chi connectivity index (χ1v) is 9.59. The number of halogens is 1. The van der Waals surface area contributed by atoms with Gasteiger partial charge in [0.2, 0.25) is 11.8 Å². The number of barbiturate groups is 1. The molecule has 1 aromatic carbocycles. The Balaban J connectivity index is 1.57. The van der Waals surface area contributed by atoms with E-state index >= 15 is 0 Å². The number of hydrogen-bond acceptors (Lipinski definition) is 4. The maximum atomic E-state index is 12.9. The first-order chi connectivity index (χ1) is 12.0. The number of aliphatic imine (C=N–C) groups is 1. The van der Waals surface area contributed by atoms with Crippen LogP contribution >= 0.6 is 22.6 Å². The average molecular weight is 451 g/mol. The van der Waals surface area contributed by atoms with Crippen molar-refractivity contribution in [3.05, 3.63) is 27.8 Å². The maximum Gasteiger partial charge on any atom is 0.331 e. The summed E-state index contributed by atoms with van der Waals surface area (Å²) < 4.78 is 0.932. The highest BCUT2D eigenvalue weighted by atomic mass is 127. The molecule has 130 valence electrons. The smallest absolute Gasteiger partial charge is 0.277 e. The second kappa shape index (κ2) is 6.51. The molecule has 1 N–H and O–H groups in total. The number of carbonyl (C=O) groups is 3. The number of para-hydroxylation sites is 1. The third-order valence-corrected chi connectivity index (χ3v) is 6.39.